The molecular weight excluding hydrogens is 650 g/mol. The largest absolute Gasteiger partial charge is 0.494 e. The molecule has 3 aliphatic heterocycles. The lowest BCUT2D eigenvalue weighted by Crippen LogP contribution is -2.54. The van der Waals surface area contributed by atoms with E-state index < -0.39 is 29.7 Å². The van der Waals surface area contributed by atoms with E-state index in [1.807, 2.05) is 36.4 Å². The normalized spacial score (nSPS) is 22.4. The number of anilines is 2. The minimum atomic E-state index is -0.980. The molecule has 51 heavy (non-hydrogen) atoms. The molecule has 0 radical (unpaired) electrons. The van der Waals surface area contributed by atoms with Crippen molar-refractivity contribution in [2.24, 2.45) is 11.8 Å². The number of hydrogen-bond donors (Lipinski definition) is 2. The third kappa shape index (κ3) is 7.11. The van der Waals surface area contributed by atoms with Crippen molar-refractivity contribution >= 4 is 46.2 Å². The molecule has 1 atom stereocenters. The lowest BCUT2D eigenvalue weighted by molar-refractivity contribution is -0.136. The molecule has 2 N–H and O–H groups in total. The van der Waals surface area contributed by atoms with Gasteiger partial charge >= 0.3 is 0 Å². The number of amides is 4. The van der Waals surface area contributed by atoms with Gasteiger partial charge in [0, 0.05) is 37.1 Å². The zero-order chi connectivity index (χ0) is 34.9. The summed E-state index contributed by atoms with van der Waals surface area (Å²) in [4.78, 5) is 66.8. The van der Waals surface area contributed by atoms with Crippen molar-refractivity contribution in [3.05, 3.63) is 78.1 Å². The highest BCUT2D eigenvalue weighted by atomic mass is 16.5. The van der Waals surface area contributed by atoms with Crippen molar-refractivity contribution in [2.45, 2.75) is 57.1 Å². The van der Waals surface area contributed by atoms with E-state index >= 15 is 0 Å². The van der Waals surface area contributed by atoms with Gasteiger partial charge in [-0.1, -0.05) is 0 Å². The monoisotopic (exact) mass is 689 g/mol. The summed E-state index contributed by atoms with van der Waals surface area (Å²) in [7, 11) is 0. The Labute approximate surface area is 294 Å². The standard InChI is InChI=1S/C38H39N7O6/c46-34-8-6-32(36(47)43-34)45-37(48)28-4-3-26(21-29(28)38(45)49)50-17-12-23-10-15-44(16-11-23)22-24-18-27(19-24)51-35-20-25(9-14-40-35)41-33-7-5-30-31(42-33)2-1-13-39-30/h1-5,7,9,13-14,20-21,23-24,27,32H,6,8,10-12,15-19,22H2,(H,40,41,42)(H,43,46,47). The number of carbonyl (C=O) groups excluding carboxylic acids is 4. The predicted molar refractivity (Wildman–Crippen MR) is 187 cm³/mol. The minimum Gasteiger partial charge on any atom is -0.494 e. The fraction of sp³-hybridized carbons (Fsp3) is 0.395. The van der Waals surface area contributed by atoms with Crippen LogP contribution in [0.25, 0.3) is 11.0 Å². The molecule has 13 nitrogen and oxygen atoms in total. The number of imide groups is 2. The van der Waals surface area contributed by atoms with Crippen LogP contribution in [0.2, 0.25) is 0 Å². The first-order chi connectivity index (χ1) is 24.9. The average Bonchev–Trinajstić information content (AvgIpc) is 3.36. The molecule has 6 heterocycles. The quantitative estimate of drug-likeness (QED) is 0.214. The van der Waals surface area contributed by atoms with Crippen molar-refractivity contribution in [2.75, 3.05) is 31.6 Å². The number of benzene rings is 1. The smallest absolute Gasteiger partial charge is 0.262 e. The van der Waals surface area contributed by atoms with Crippen LogP contribution in [0.4, 0.5) is 11.5 Å². The van der Waals surface area contributed by atoms with Crippen LogP contribution in [0.3, 0.4) is 0 Å². The molecule has 1 aliphatic carbocycles. The highest BCUT2D eigenvalue weighted by Crippen LogP contribution is 2.34. The highest BCUT2D eigenvalue weighted by Gasteiger charge is 2.44. The molecule has 8 rings (SSSR count). The number of pyridine rings is 3. The molecule has 4 aromatic rings. The van der Waals surface area contributed by atoms with Crippen LogP contribution >= 0.6 is 0 Å². The third-order valence-corrected chi connectivity index (χ3v) is 10.4. The Balaban J connectivity index is 0.742. The lowest BCUT2D eigenvalue weighted by atomic mass is 9.81. The molecule has 2 saturated heterocycles. The molecule has 4 aliphatic rings. The van der Waals surface area contributed by atoms with E-state index in [-0.39, 0.29) is 30.1 Å². The van der Waals surface area contributed by atoms with Gasteiger partial charge in [-0.25, -0.2) is 9.97 Å². The number of aromatic nitrogens is 3. The third-order valence-electron chi connectivity index (χ3n) is 10.4. The summed E-state index contributed by atoms with van der Waals surface area (Å²) in [5.41, 5.74) is 3.04. The Morgan fingerprint density at radius 2 is 1.69 bits per heavy atom. The fourth-order valence-electron chi connectivity index (χ4n) is 7.52. The Bertz CT molecular complexity index is 1990. The molecule has 1 saturated carbocycles. The summed E-state index contributed by atoms with van der Waals surface area (Å²) < 4.78 is 12.2. The van der Waals surface area contributed by atoms with E-state index in [2.05, 4.69) is 30.5 Å². The van der Waals surface area contributed by atoms with Crippen molar-refractivity contribution in [1.82, 2.24) is 30.1 Å². The maximum Gasteiger partial charge on any atom is 0.262 e. The van der Waals surface area contributed by atoms with Crippen LogP contribution in [0.5, 0.6) is 11.6 Å². The van der Waals surface area contributed by atoms with Crippen molar-refractivity contribution < 1.29 is 28.7 Å². The topological polar surface area (TPSA) is 156 Å². The number of fused-ring (bicyclic) bond motifs is 2. The van der Waals surface area contributed by atoms with Gasteiger partial charge < -0.3 is 19.7 Å². The van der Waals surface area contributed by atoms with Gasteiger partial charge in [0.25, 0.3) is 11.8 Å². The Morgan fingerprint density at radius 3 is 2.53 bits per heavy atom. The second-order valence-electron chi connectivity index (χ2n) is 13.9. The van der Waals surface area contributed by atoms with Gasteiger partial charge in [-0.15, -0.1) is 0 Å². The van der Waals surface area contributed by atoms with Crippen LogP contribution in [0.1, 0.15) is 65.7 Å². The van der Waals surface area contributed by atoms with E-state index in [0.717, 1.165) is 79.2 Å². The molecule has 1 unspecified atom stereocenters. The highest BCUT2D eigenvalue weighted by molar-refractivity contribution is 6.23. The first-order valence-electron chi connectivity index (χ1n) is 17.7. The number of piperidine rings is 2. The van der Waals surface area contributed by atoms with Crippen LogP contribution in [0.15, 0.2) is 67.0 Å². The predicted octanol–water partition coefficient (Wildman–Crippen LogP) is 4.51. The molecule has 1 aromatic carbocycles. The molecular formula is C38H39N7O6. The van der Waals surface area contributed by atoms with E-state index in [0.29, 0.717) is 30.1 Å². The SMILES string of the molecule is O=C1CCC(N2C(=O)c3ccc(OCCC4CCN(CC5CC(Oc6cc(Nc7ccc8ncccc8n7)ccn6)C5)CC4)cc3C2=O)C(=O)N1. The van der Waals surface area contributed by atoms with Gasteiger partial charge in [-0.3, -0.25) is 34.4 Å². The summed E-state index contributed by atoms with van der Waals surface area (Å²) >= 11 is 0. The maximum absolute atomic E-state index is 13.1. The van der Waals surface area contributed by atoms with Gasteiger partial charge in [0.1, 0.15) is 23.7 Å². The van der Waals surface area contributed by atoms with Crippen LogP contribution in [0, 0.1) is 11.8 Å². The van der Waals surface area contributed by atoms with Crippen molar-refractivity contribution in [3.63, 3.8) is 0 Å². The number of nitrogens with zero attached hydrogens (tertiary/aromatic N) is 5. The molecule has 3 fully saturated rings. The van der Waals surface area contributed by atoms with Gasteiger partial charge in [-0.05, 0) is 112 Å². The molecule has 262 valence electrons. The average molecular weight is 690 g/mol. The van der Waals surface area contributed by atoms with Gasteiger partial charge in [-0.2, -0.15) is 0 Å². The Kier molecular flexibility index (Phi) is 9.03. The van der Waals surface area contributed by atoms with E-state index in [1.54, 1.807) is 30.6 Å². The van der Waals surface area contributed by atoms with Crippen molar-refractivity contribution in [1.29, 1.82) is 0 Å². The van der Waals surface area contributed by atoms with E-state index in [1.165, 1.54) is 0 Å². The van der Waals surface area contributed by atoms with Gasteiger partial charge in [0.15, 0.2) is 0 Å². The van der Waals surface area contributed by atoms with Gasteiger partial charge in [0.05, 0.1) is 28.8 Å². The summed E-state index contributed by atoms with van der Waals surface area (Å²) in [6, 6.07) is 15.4. The number of nitrogens with one attached hydrogen (secondary N) is 2. The van der Waals surface area contributed by atoms with Crippen LogP contribution < -0.4 is 20.1 Å². The maximum atomic E-state index is 13.1. The number of ether oxygens (including phenoxy) is 2. The molecule has 4 amide bonds. The summed E-state index contributed by atoms with van der Waals surface area (Å²) in [6.45, 7) is 3.72. The number of carbonyl (C=O) groups is 4. The van der Waals surface area contributed by atoms with Crippen LogP contribution in [-0.4, -0.2) is 86.8 Å². The van der Waals surface area contributed by atoms with E-state index in [9.17, 15) is 19.2 Å². The summed E-state index contributed by atoms with van der Waals surface area (Å²) in [5, 5.41) is 5.56. The summed E-state index contributed by atoms with van der Waals surface area (Å²) in [6.07, 6.45) is 9.07. The summed E-state index contributed by atoms with van der Waals surface area (Å²) in [5.74, 6) is 0.999. The van der Waals surface area contributed by atoms with E-state index in [4.69, 9.17) is 9.47 Å². The number of rotatable bonds is 11. The molecule has 3 aromatic heterocycles. The molecule has 13 heteroatoms. The minimum absolute atomic E-state index is 0.0880. The van der Waals surface area contributed by atoms with Gasteiger partial charge in [0.2, 0.25) is 17.7 Å². The molecule has 0 spiro atoms. The molecule has 0 bridgehead atoms. The first-order valence-corrected chi connectivity index (χ1v) is 17.7. The Hall–Kier alpha value is -5.43. The zero-order valence-electron chi connectivity index (χ0n) is 28.1. The zero-order valence-corrected chi connectivity index (χ0v) is 28.1. The number of hydrogen-bond acceptors (Lipinski definition) is 11. The first kappa shape index (κ1) is 32.8. The number of likely N-dealkylation sites (tertiary alicyclic amines) is 1. The fourth-order valence-corrected chi connectivity index (χ4v) is 7.52. The van der Waals surface area contributed by atoms with Crippen LogP contribution in [-0.2, 0) is 9.59 Å². The Morgan fingerprint density at radius 1 is 0.843 bits per heavy atom. The second kappa shape index (κ2) is 14.1. The van der Waals surface area contributed by atoms with Crippen molar-refractivity contribution in [3.8, 4) is 11.6 Å². The second-order valence-corrected chi connectivity index (χ2v) is 13.9. The lowest BCUT2D eigenvalue weighted by Gasteiger charge is -2.40.